The van der Waals surface area contributed by atoms with Crippen molar-refractivity contribution >= 4 is 15.8 Å². The van der Waals surface area contributed by atoms with Crippen LogP contribution in [-0.4, -0.2) is 55.7 Å². The largest absolute Gasteiger partial charge is 0.372 e. The molecule has 0 aromatic carbocycles. The van der Waals surface area contributed by atoms with Crippen molar-refractivity contribution in [2.45, 2.75) is 6.10 Å². The number of nitrogens with one attached hydrogen (secondary N) is 1. The SMILES string of the molecule is CNc1nccnc1[C@@H]1CN(S(C)(=O)=O)CCO1. The van der Waals surface area contributed by atoms with Crippen LogP contribution in [-0.2, 0) is 14.8 Å². The van der Waals surface area contributed by atoms with Gasteiger partial charge in [-0.3, -0.25) is 4.98 Å². The number of anilines is 1. The maximum Gasteiger partial charge on any atom is 0.211 e. The minimum atomic E-state index is -3.20. The summed E-state index contributed by atoms with van der Waals surface area (Å²) in [6.07, 6.45) is 3.96. The van der Waals surface area contributed by atoms with E-state index in [0.29, 0.717) is 24.7 Å². The Morgan fingerprint density at radius 1 is 1.44 bits per heavy atom. The quantitative estimate of drug-likeness (QED) is 0.824. The molecule has 1 saturated heterocycles. The molecule has 100 valence electrons. The molecule has 1 atom stereocenters. The van der Waals surface area contributed by atoms with Crippen LogP contribution in [0, 0.1) is 0 Å². The van der Waals surface area contributed by atoms with E-state index in [9.17, 15) is 8.42 Å². The van der Waals surface area contributed by atoms with Crippen molar-refractivity contribution in [3.8, 4) is 0 Å². The zero-order chi connectivity index (χ0) is 13.2. The molecule has 7 nitrogen and oxygen atoms in total. The lowest BCUT2D eigenvalue weighted by Gasteiger charge is -2.31. The van der Waals surface area contributed by atoms with Crippen LogP contribution < -0.4 is 5.32 Å². The number of rotatable bonds is 3. The van der Waals surface area contributed by atoms with Crippen LogP contribution in [0.5, 0.6) is 0 Å². The van der Waals surface area contributed by atoms with Crippen molar-refractivity contribution in [3.05, 3.63) is 18.1 Å². The number of ether oxygens (including phenoxy) is 1. The summed E-state index contributed by atoms with van der Waals surface area (Å²) in [6.45, 7) is 1.01. The summed E-state index contributed by atoms with van der Waals surface area (Å²) in [6, 6.07) is 0. The number of nitrogens with zero attached hydrogens (tertiary/aromatic N) is 3. The minimum Gasteiger partial charge on any atom is -0.372 e. The first kappa shape index (κ1) is 13.2. The van der Waals surface area contributed by atoms with Gasteiger partial charge in [0.15, 0.2) is 0 Å². The van der Waals surface area contributed by atoms with Crippen LogP contribution in [0.4, 0.5) is 5.82 Å². The smallest absolute Gasteiger partial charge is 0.211 e. The van der Waals surface area contributed by atoms with Crippen molar-refractivity contribution in [1.29, 1.82) is 0 Å². The molecule has 1 fully saturated rings. The second-order valence-electron chi connectivity index (χ2n) is 4.02. The highest BCUT2D eigenvalue weighted by atomic mass is 32.2. The van der Waals surface area contributed by atoms with Gasteiger partial charge in [0.1, 0.15) is 17.6 Å². The fourth-order valence-electron chi connectivity index (χ4n) is 1.87. The van der Waals surface area contributed by atoms with Crippen molar-refractivity contribution in [2.24, 2.45) is 0 Å². The van der Waals surface area contributed by atoms with Gasteiger partial charge in [0.05, 0.1) is 12.9 Å². The molecule has 18 heavy (non-hydrogen) atoms. The first-order valence-corrected chi connectivity index (χ1v) is 7.42. The molecule has 0 amide bonds. The molecule has 1 aromatic heterocycles. The normalized spacial score (nSPS) is 21.8. The van der Waals surface area contributed by atoms with Crippen LogP contribution in [0.15, 0.2) is 12.4 Å². The average Bonchev–Trinajstić information content (AvgIpc) is 2.38. The van der Waals surface area contributed by atoms with E-state index in [4.69, 9.17) is 4.74 Å². The Morgan fingerprint density at radius 2 is 2.17 bits per heavy atom. The molecule has 2 rings (SSSR count). The average molecular weight is 272 g/mol. The lowest BCUT2D eigenvalue weighted by atomic mass is 10.2. The fourth-order valence-corrected chi connectivity index (χ4v) is 2.68. The molecule has 8 heteroatoms. The van der Waals surface area contributed by atoms with Crippen molar-refractivity contribution < 1.29 is 13.2 Å². The Labute approximate surface area is 106 Å². The van der Waals surface area contributed by atoms with E-state index in [1.54, 1.807) is 19.4 Å². The molecular weight excluding hydrogens is 256 g/mol. The molecule has 1 N–H and O–H groups in total. The lowest BCUT2D eigenvalue weighted by molar-refractivity contribution is -0.00447. The minimum absolute atomic E-state index is 0.270. The molecule has 1 aliphatic rings. The monoisotopic (exact) mass is 272 g/mol. The number of sulfonamides is 1. The maximum atomic E-state index is 11.5. The van der Waals surface area contributed by atoms with Gasteiger partial charge in [0, 0.05) is 32.5 Å². The Balaban J connectivity index is 2.23. The molecule has 1 aromatic rings. The summed E-state index contributed by atoms with van der Waals surface area (Å²) in [4.78, 5) is 8.36. The molecule has 2 heterocycles. The van der Waals surface area contributed by atoms with Gasteiger partial charge in [-0.15, -0.1) is 0 Å². The predicted molar refractivity (Wildman–Crippen MR) is 66.7 cm³/mol. The van der Waals surface area contributed by atoms with Gasteiger partial charge in [-0.25, -0.2) is 13.4 Å². The molecule has 0 unspecified atom stereocenters. The summed E-state index contributed by atoms with van der Waals surface area (Å²) < 4.78 is 30.1. The number of morpholine rings is 1. The molecule has 0 spiro atoms. The van der Waals surface area contributed by atoms with E-state index in [0.717, 1.165) is 0 Å². The van der Waals surface area contributed by atoms with Crippen LogP contribution in [0.1, 0.15) is 11.8 Å². The van der Waals surface area contributed by atoms with E-state index in [1.165, 1.54) is 10.6 Å². The summed E-state index contributed by atoms with van der Waals surface area (Å²) in [5.74, 6) is 0.609. The third-order valence-corrected chi connectivity index (χ3v) is 4.04. The van der Waals surface area contributed by atoms with Gasteiger partial charge >= 0.3 is 0 Å². The van der Waals surface area contributed by atoms with E-state index in [-0.39, 0.29) is 12.6 Å². The predicted octanol–water partition coefficient (Wildman–Crippen LogP) is -0.149. The zero-order valence-corrected chi connectivity index (χ0v) is 11.1. The second kappa shape index (κ2) is 5.17. The van der Waals surface area contributed by atoms with Crippen molar-refractivity contribution in [3.63, 3.8) is 0 Å². The molecule has 0 radical (unpaired) electrons. The third kappa shape index (κ3) is 2.77. The number of aromatic nitrogens is 2. The lowest BCUT2D eigenvalue weighted by Crippen LogP contribution is -2.42. The molecular formula is C10H16N4O3S. The van der Waals surface area contributed by atoms with E-state index >= 15 is 0 Å². The van der Waals surface area contributed by atoms with Crippen LogP contribution in [0.3, 0.4) is 0 Å². The number of hydrogen-bond acceptors (Lipinski definition) is 6. The highest BCUT2D eigenvalue weighted by Gasteiger charge is 2.29. The van der Waals surface area contributed by atoms with Crippen molar-refractivity contribution in [1.82, 2.24) is 14.3 Å². The van der Waals surface area contributed by atoms with Gasteiger partial charge < -0.3 is 10.1 Å². The summed E-state index contributed by atoms with van der Waals surface area (Å²) in [5.41, 5.74) is 0.633. The molecule has 1 aliphatic heterocycles. The maximum absolute atomic E-state index is 11.5. The van der Waals surface area contributed by atoms with Gasteiger partial charge in [0.2, 0.25) is 10.0 Å². The van der Waals surface area contributed by atoms with Gasteiger partial charge in [-0.05, 0) is 0 Å². The van der Waals surface area contributed by atoms with Gasteiger partial charge in [-0.2, -0.15) is 4.31 Å². The van der Waals surface area contributed by atoms with Crippen LogP contribution >= 0.6 is 0 Å². The Kier molecular flexibility index (Phi) is 3.79. The topological polar surface area (TPSA) is 84.4 Å². The van der Waals surface area contributed by atoms with Crippen LogP contribution in [0.25, 0.3) is 0 Å². The zero-order valence-electron chi connectivity index (χ0n) is 10.3. The van der Waals surface area contributed by atoms with Crippen molar-refractivity contribution in [2.75, 3.05) is 38.3 Å². The standard InChI is InChI=1S/C10H16N4O3S/c1-11-10-9(12-3-4-13-10)8-7-14(5-6-17-8)18(2,15)16/h3-4,8H,5-7H2,1-2H3,(H,11,13)/t8-/m0/s1. The third-order valence-electron chi connectivity index (χ3n) is 2.77. The summed E-state index contributed by atoms with van der Waals surface area (Å²) in [7, 11) is -1.46. The molecule has 0 saturated carbocycles. The second-order valence-corrected chi connectivity index (χ2v) is 6.00. The number of hydrogen-bond donors (Lipinski definition) is 1. The molecule has 0 bridgehead atoms. The van der Waals surface area contributed by atoms with Gasteiger partial charge in [0.25, 0.3) is 0 Å². The van der Waals surface area contributed by atoms with E-state index in [2.05, 4.69) is 15.3 Å². The first-order valence-electron chi connectivity index (χ1n) is 5.57. The van der Waals surface area contributed by atoms with Crippen LogP contribution in [0.2, 0.25) is 0 Å². The highest BCUT2D eigenvalue weighted by molar-refractivity contribution is 7.88. The fraction of sp³-hybridized carbons (Fsp3) is 0.600. The Morgan fingerprint density at radius 3 is 2.83 bits per heavy atom. The Bertz CT molecular complexity index is 520. The van der Waals surface area contributed by atoms with Gasteiger partial charge in [-0.1, -0.05) is 0 Å². The summed E-state index contributed by atoms with van der Waals surface area (Å²) >= 11 is 0. The molecule has 0 aliphatic carbocycles. The first-order chi connectivity index (χ1) is 8.52. The summed E-state index contributed by atoms with van der Waals surface area (Å²) in [5, 5.41) is 2.92. The van der Waals surface area contributed by atoms with E-state index in [1.807, 2.05) is 0 Å². The highest BCUT2D eigenvalue weighted by Crippen LogP contribution is 2.25. The van der Waals surface area contributed by atoms with E-state index < -0.39 is 10.0 Å². The Hall–Kier alpha value is -1.25.